The summed E-state index contributed by atoms with van der Waals surface area (Å²) in [6, 6.07) is 7.86. The molecule has 0 aromatic heterocycles. The number of ether oxygens (including phenoxy) is 1. The molecule has 0 fully saturated rings. The third-order valence-corrected chi connectivity index (χ3v) is 3.19. The van der Waals surface area contributed by atoms with Crippen LogP contribution in [0.4, 0.5) is 0 Å². The molecule has 0 aliphatic rings. The average molecular weight is 279 g/mol. The Bertz CT molecular complexity index is 418. The van der Waals surface area contributed by atoms with Gasteiger partial charge in [-0.05, 0) is 38.3 Å². The molecule has 1 unspecified atom stereocenters. The van der Waals surface area contributed by atoms with Crippen molar-refractivity contribution in [2.45, 2.75) is 39.2 Å². The molecule has 0 heterocycles. The number of amides is 1. The van der Waals surface area contributed by atoms with Crippen LogP contribution in [-0.4, -0.2) is 42.2 Å². The molecule has 0 spiro atoms. The van der Waals surface area contributed by atoms with E-state index in [0.717, 1.165) is 11.3 Å². The lowest BCUT2D eigenvalue weighted by atomic mass is 10.2. The zero-order valence-electron chi connectivity index (χ0n) is 12.6. The van der Waals surface area contributed by atoms with E-state index in [-0.39, 0.29) is 12.0 Å². The predicted octanol–water partition coefficient (Wildman–Crippen LogP) is 2.38. The van der Waals surface area contributed by atoms with E-state index in [2.05, 4.69) is 0 Å². The molecule has 0 bridgehead atoms. The topological polar surface area (TPSA) is 49.8 Å². The molecule has 1 rings (SSSR count). The highest BCUT2D eigenvalue weighted by atomic mass is 16.5. The number of carbonyl (C=O) groups is 1. The van der Waals surface area contributed by atoms with Gasteiger partial charge in [-0.2, -0.15) is 0 Å². The van der Waals surface area contributed by atoms with E-state index in [1.54, 1.807) is 18.9 Å². The number of carbonyl (C=O) groups excluding carboxylic acids is 1. The van der Waals surface area contributed by atoms with Crippen molar-refractivity contribution in [3.8, 4) is 5.75 Å². The fourth-order valence-corrected chi connectivity index (χ4v) is 1.82. The number of hydrogen-bond acceptors (Lipinski definition) is 3. The van der Waals surface area contributed by atoms with E-state index in [0.29, 0.717) is 32.4 Å². The second kappa shape index (κ2) is 8.59. The molecule has 0 aliphatic heterocycles. The van der Waals surface area contributed by atoms with Gasteiger partial charge in [0.1, 0.15) is 5.75 Å². The molecular weight excluding hydrogens is 254 g/mol. The van der Waals surface area contributed by atoms with Gasteiger partial charge in [-0.15, -0.1) is 0 Å². The Hall–Kier alpha value is -1.55. The molecule has 112 valence electrons. The third kappa shape index (κ3) is 6.06. The maximum Gasteiger partial charge on any atom is 0.222 e. The molecule has 0 saturated heterocycles. The summed E-state index contributed by atoms with van der Waals surface area (Å²) >= 11 is 0. The van der Waals surface area contributed by atoms with Gasteiger partial charge in [0.05, 0.1) is 12.7 Å². The quantitative estimate of drug-likeness (QED) is 0.743. The van der Waals surface area contributed by atoms with E-state index in [1.165, 1.54) is 0 Å². The monoisotopic (exact) mass is 279 g/mol. The first-order valence-electron chi connectivity index (χ1n) is 7.11. The predicted molar refractivity (Wildman–Crippen MR) is 79.8 cm³/mol. The average Bonchev–Trinajstić information content (AvgIpc) is 2.42. The van der Waals surface area contributed by atoms with Crippen molar-refractivity contribution in [2.75, 3.05) is 20.2 Å². The van der Waals surface area contributed by atoms with Gasteiger partial charge in [0.2, 0.25) is 5.91 Å². The van der Waals surface area contributed by atoms with Crippen molar-refractivity contribution in [2.24, 2.45) is 0 Å². The van der Waals surface area contributed by atoms with Crippen LogP contribution in [0.15, 0.2) is 24.3 Å². The minimum atomic E-state index is -0.366. The molecule has 1 N–H and O–H groups in total. The number of para-hydroxylation sites is 1. The van der Waals surface area contributed by atoms with Crippen LogP contribution >= 0.6 is 0 Å². The molecule has 1 aromatic rings. The van der Waals surface area contributed by atoms with Crippen LogP contribution in [0.3, 0.4) is 0 Å². The van der Waals surface area contributed by atoms with E-state index >= 15 is 0 Å². The summed E-state index contributed by atoms with van der Waals surface area (Å²) in [6.07, 6.45) is 1.42. The van der Waals surface area contributed by atoms with Gasteiger partial charge in [-0.1, -0.05) is 18.2 Å². The number of aryl methyl sites for hydroxylation is 1. The van der Waals surface area contributed by atoms with Crippen molar-refractivity contribution in [1.82, 2.24) is 4.90 Å². The fraction of sp³-hybridized carbons (Fsp3) is 0.562. The Labute approximate surface area is 121 Å². The van der Waals surface area contributed by atoms with Crippen molar-refractivity contribution in [3.63, 3.8) is 0 Å². The Morgan fingerprint density at radius 1 is 1.40 bits per heavy atom. The first-order chi connectivity index (χ1) is 9.50. The summed E-state index contributed by atoms with van der Waals surface area (Å²) in [6.45, 7) is 4.87. The standard InChI is InChI=1S/C16H25NO3/c1-13-7-4-5-8-15(13)20-12-6-9-16(19)17(3)11-10-14(2)18/h4-5,7-8,14,18H,6,9-12H2,1-3H3. The van der Waals surface area contributed by atoms with Crippen molar-refractivity contribution in [3.05, 3.63) is 29.8 Å². The Morgan fingerprint density at radius 3 is 2.75 bits per heavy atom. The second-order valence-electron chi connectivity index (χ2n) is 5.17. The highest BCUT2D eigenvalue weighted by molar-refractivity contribution is 5.75. The number of hydrogen-bond donors (Lipinski definition) is 1. The summed E-state index contributed by atoms with van der Waals surface area (Å²) in [4.78, 5) is 13.5. The molecule has 1 aromatic carbocycles. The van der Waals surface area contributed by atoms with Crippen LogP contribution in [0, 0.1) is 6.92 Å². The molecule has 1 amide bonds. The van der Waals surface area contributed by atoms with Gasteiger partial charge in [-0.3, -0.25) is 4.79 Å². The van der Waals surface area contributed by atoms with Crippen LogP contribution in [-0.2, 0) is 4.79 Å². The van der Waals surface area contributed by atoms with Crippen molar-refractivity contribution in [1.29, 1.82) is 0 Å². The van der Waals surface area contributed by atoms with E-state index in [9.17, 15) is 9.90 Å². The number of nitrogens with zero attached hydrogens (tertiary/aromatic N) is 1. The minimum absolute atomic E-state index is 0.0963. The summed E-state index contributed by atoms with van der Waals surface area (Å²) in [5.74, 6) is 0.974. The van der Waals surface area contributed by atoms with Crippen molar-refractivity contribution < 1.29 is 14.6 Å². The summed E-state index contributed by atoms with van der Waals surface area (Å²) in [5.41, 5.74) is 1.10. The molecule has 4 nitrogen and oxygen atoms in total. The molecule has 4 heteroatoms. The van der Waals surface area contributed by atoms with Crippen LogP contribution in [0.5, 0.6) is 5.75 Å². The van der Waals surface area contributed by atoms with Crippen LogP contribution in [0.2, 0.25) is 0 Å². The highest BCUT2D eigenvalue weighted by Crippen LogP contribution is 2.16. The summed E-state index contributed by atoms with van der Waals surface area (Å²) in [7, 11) is 1.77. The van der Waals surface area contributed by atoms with Gasteiger partial charge in [0.25, 0.3) is 0 Å². The minimum Gasteiger partial charge on any atom is -0.493 e. The lowest BCUT2D eigenvalue weighted by Crippen LogP contribution is -2.29. The Kier molecular flexibility index (Phi) is 7.09. The van der Waals surface area contributed by atoms with Gasteiger partial charge in [-0.25, -0.2) is 0 Å². The molecule has 0 radical (unpaired) electrons. The second-order valence-corrected chi connectivity index (χ2v) is 5.17. The molecular formula is C16H25NO3. The normalized spacial score (nSPS) is 12.0. The third-order valence-electron chi connectivity index (χ3n) is 3.19. The maximum absolute atomic E-state index is 11.8. The molecule has 0 aliphatic carbocycles. The van der Waals surface area contributed by atoms with E-state index < -0.39 is 0 Å². The molecule has 20 heavy (non-hydrogen) atoms. The zero-order chi connectivity index (χ0) is 15.0. The van der Waals surface area contributed by atoms with Crippen LogP contribution in [0.25, 0.3) is 0 Å². The summed E-state index contributed by atoms with van der Waals surface area (Å²) < 4.78 is 5.65. The molecule has 0 saturated carbocycles. The first kappa shape index (κ1) is 16.5. The lowest BCUT2D eigenvalue weighted by molar-refractivity contribution is -0.130. The Balaban J connectivity index is 2.20. The van der Waals surface area contributed by atoms with Crippen molar-refractivity contribution >= 4 is 5.91 Å². The maximum atomic E-state index is 11.8. The van der Waals surface area contributed by atoms with Gasteiger partial charge in [0, 0.05) is 20.0 Å². The number of aliphatic hydroxyl groups is 1. The van der Waals surface area contributed by atoms with Gasteiger partial charge >= 0.3 is 0 Å². The van der Waals surface area contributed by atoms with Gasteiger partial charge in [0.15, 0.2) is 0 Å². The largest absolute Gasteiger partial charge is 0.493 e. The first-order valence-corrected chi connectivity index (χ1v) is 7.11. The molecule has 1 atom stereocenters. The summed E-state index contributed by atoms with van der Waals surface area (Å²) in [5, 5.41) is 9.19. The van der Waals surface area contributed by atoms with Crippen LogP contribution < -0.4 is 4.74 Å². The number of benzene rings is 1. The zero-order valence-corrected chi connectivity index (χ0v) is 12.6. The van der Waals surface area contributed by atoms with E-state index in [1.807, 2.05) is 31.2 Å². The van der Waals surface area contributed by atoms with E-state index in [4.69, 9.17) is 4.74 Å². The fourth-order valence-electron chi connectivity index (χ4n) is 1.82. The SMILES string of the molecule is Cc1ccccc1OCCCC(=O)N(C)CCC(C)O. The number of aliphatic hydroxyl groups excluding tert-OH is 1. The lowest BCUT2D eigenvalue weighted by Gasteiger charge is -2.18. The van der Waals surface area contributed by atoms with Gasteiger partial charge < -0.3 is 14.7 Å². The number of rotatable bonds is 8. The van der Waals surface area contributed by atoms with Crippen LogP contribution in [0.1, 0.15) is 31.7 Å². The Morgan fingerprint density at radius 2 is 2.10 bits per heavy atom. The highest BCUT2D eigenvalue weighted by Gasteiger charge is 2.09. The smallest absolute Gasteiger partial charge is 0.222 e.